The zero-order valence-corrected chi connectivity index (χ0v) is 14.9. The summed E-state index contributed by atoms with van der Waals surface area (Å²) in [5, 5.41) is 0.614. The van der Waals surface area contributed by atoms with Gasteiger partial charge in [0.25, 0.3) is 11.8 Å². The lowest BCUT2D eigenvalue weighted by atomic mass is 10.2. The normalized spacial score (nSPS) is 19.0. The number of carbonyl (C=O) groups is 2. The number of amides is 2. The second kappa shape index (κ2) is 7.33. The number of nitrogens with one attached hydrogen (secondary N) is 2. The molecule has 0 radical (unpaired) electrons. The number of rotatable bonds is 4. The van der Waals surface area contributed by atoms with Gasteiger partial charge in [0.15, 0.2) is 0 Å². The molecule has 0 spiro atoms. The maximum Gasteiger partial charge on any atom is 0.271 e. The Hall–Kier alpha value is -2.24. The Bertz CT molecular complexity index is 845. The molecular weight excluding hydrogens is 363 g/mol. The predicted octanol–water partition coefficient (Wildman–Crippen LogP) is 4.18. The van der Waals surface area contributed by atoms with Crippen LogP contribution in [0.1, 0.15) is 41.1 Å². The van der Waals surface area contributed by atoms with Crippen LogP contribution in [0.15, 0.2) is 40.8 Å². The van der Waals surface area contributed by atoms with Gasteiger partial charge in [0.1, 0.15) is 11.5 Å². The van der Waals surface area contributed by atoms with Crippen molar-refractivity contribution in [3.63, 3.8) is 0 Å². The van der Waals surface area contributed by atoms with Crippen molar-refractivity contribution in [1.82, 2.24) is 10.9 Å². The fourth-order valence-corrected chi connectivity index (χ4v) is 2.81. The third kappa shape index (κ3) is 4.44. The van der Waals surface area contributed by atoms with Gasteiger partial charge in [-0.3, -0.25) is 20.4 Å². The molecule has 1 saturated carbocycles. The fraction of sp³-hybridized carbons (Fsp3) is 0.222. The van der Waals surface area contributed by atoms with Crippen molar-refractivity contribution in [3.05, 3.63) is 63.5 Å². The van der Waals surface area contributed by atoms with Crippen LogP contribution in [0.3, 0.4) is 0 Å². The monoisotopic (exact) mass is 378 g/mol. The predicted molar refractivity (Wildman–Crippen MR) is 96.3 cm³/mol. The largest absolute Gasteiger partial charge is 0.461 e. The molecule has 2 unspecified atom stereocenters. The van der Waals surface area contributed by atoms with Gasteiger partial charge in [-0.1, -0.05) is 30.1 Å². The molecule has 0 aliphatic heterocycles. The van der Waals surface area contributed by atoms with E-state index in [1.807, 2.05) is 12.1 Å². The smallest absolute Gasteiger partial charge is 0.271 e. The molecule has 1 aromatic carbocycles. The number of benzene rings is 1. The third-order valence-electron chi connectivity index (χ3n) is 3.99. The molecule has 130 valence electrons. The van der Waals surface area contributed by atoms with Crippen LogP contribution in [-0.4, -0.2) is 11.8 Å². The molecule has 0 saturated heterocycles. The van der Waals surface area contributed by atoms with Crippen LogP contribution in [0.4, 0.5) is 0 Å². The van der Waals surface area contributed by atoms with Crippen LogP contribution in [0.25, 0.3) is 6.08 Å². The first-order valence-corrected chi connectivity index (χ1v) is 8.53. The summed E-state index contributed by atoms with van der Waals surface area (Å²) in [4.78, 5) is 23.8. The molecule has 7 heteroatoms. The highest BCUT2D eigenvalue weighted by Gasteiger charge is 2.36. The maximum atomic E-state index is 12.0. The van der Waals surface area contributed by atoms with E-state index in [1.165, 1.54) is 18.2 Å². The molecule has 2 atom stereocenters. The lowest BCUT2D eigenvalue weighted by molar-refractivity contribution is -0.117. The number of hydrazine groups is 1. The Kier molecular flexibility index (Phi) is 5.16. The first-order chi connectivity index (χ1) is 11.9. The average Bonchev–Trinajstić information content (AvgIpc) is 3.13. The number of furan rings is 1. The van der Waals surface area contributed by atoms with Gasteiger partial charge >= 0.3 is 0 Å². The van der Waals surface area contributed by atoms with Gasteiger partial charge in [0, 0.05) is 17.0 Å². The minimum Gasteiger partial charge on any atom is -0.461 e. The Morgan fingerprint density at radius 2 is 1.96 bits per heavy atom. The molecule has 2 N–H and O–H groups in total. The zero-order chi connectivity index (χ0) is 18.0. The van der Waals surface area contributed by atoms with Gasteiger partial charge in [-0.2, -0.15) is 0 Å². The first kappa shape index (κ1) is 17.6. The lowest BCUT2D eigenvalue weighted by Crippen LogP contribution is -2.40. The van der Waals surface area contributed by atoms with Crippen molar-refractivity contribution in [2.24, 2.45) is 5.92 Å². The minimum atomic E-state index is -0.558. The lowest BCUT2D eigenvalue weighted by Gasteiger charge is -2.07. The van der Waals surface area contributed by atoms with Crippen LogP contribution >= 0.6 is 23.2 Å². The van der Waals surface area contributed by atoms with Crippen molar-refractivity contribution in [2.45, 2.75) is 19.3 Å². The molecule has 1 heterocycles. The second-order valence-corrected chi connectivity index (χ2v) is 6.80. The van der Waals surface area contributed by atoms with Gasteiger partial charge in [-0.15, -0.1) is 0 Å². The van der Waals surface area contributed by atoms with E-state index in [4.69, 9.17) is 27.6 Å². The van der Waals surface area contributed by atoms with Crippen LogP contribution < -0.4 is 10.9 Å². The highest BCUT2D eigenvalue weighted by Crippen LogP contribution is 2.47. The highest BCUT2D eigenvalue weighted by atomic mass is 35.5. The summed E-state index contributed by atoms with van der Waals surface area (Å²) in [5.41, 5.74) is 4.73. The minimum absolute atomic E-state index is 0.174. The van der Waals surface area contributed by atoms with Crippen LogP contribution in [0.5, 0.6) is 0 Å². The van der Waals surface area contributed by atoms with Gasteiger partial charge in [0.2, 0.25) is 0 Å². The summed E-state index contributed by atoms with van der Waals surface area (Å²) in [6.07, 6.45) is 3.96. The molecule has 2 aromatic rings. The van der Waals surface area contributed by atoms with Crippen LogP contribution in [-0.2, 0) is 4.79 Å². The van der Waals surface area contributed by atoms with Gasteiger partial charge in [-0.05, 0) is 48.7 Å². The maximum absolute atomic E-state index is 12.0. The number of hydrogen-bond donors (Lipinski definition) is 2. The molecule has 5 nitrogen and oxygen atoms in total. The van der Waals surface area contributed by atoms with Gasteiger partial charge in [-0.25, -0.2) is 0 Å². The van der Waals surface area contributed by atoms with E-state index in [9.17, 15) is 9.59 Å². The Labute approximate surface area is 155 Å². The Balaban J connectivity index is 1.53. The first-order valence-electron chi connectivity index (χ1n) is 7.77. The van der Waals surface area contributed by atoms with Crippen LogP contribution in [0.2, 0.25) is 10.0 Å². The molecular formula is C18H16Cl2N2O3. The van der Waals surface area contributed by atoms with E-state index >= 15 is 0 Å². The fourth-order valence-electron chi connectivity index (χ4n) is 2.43. The van der Waals surface area contributed by atoms with Crippen molar-refractivity contribution >= 4 is 41.1 Å². The molecule has 2 amide bonds. The van der Waals surface area contributed by atoms with E-state index in [0.717, 1.165) is 12.2 Å². The standard InChI is InChI=1S/C18H16Cl2N2O3/c1-10-8-13(10)16-6-3-12(25-16)4-7-17(23)21-22-18(24)14-9-11(19)2-5-15(14)20/h2-7,9-10,13H,8H2,1H3,(H,21,23)(H,22,24)/b7-4+. The topological polar surface area (TPSA) is 71.3 Å². The molecule has 25 heavy (non-hydrogen) atoms. The van der Waals surface area contributed by atoms with Gasteiger partial charge in [0.05, 0.1) is 10.6 Å². The van der Waals surface area contributed by atoms with E-state index in [2.05, 4.69) is 17.8 Å². The van der Waals surface area contributed by atoms with E-state index < -0.39 is 11.8 Å². The zero-order valence-electron chi connectivity index (χ0n) is 13.4. The van der Waals surface area contributed by atoms with Gasteiger partial charge < -0.3 is 4.42 Å². The van der Waals surface area contributed by atoms with E-state index in [0.29, 0.717) is 22.6 Å². The summed E-state index contributed by atoms with van der Waals surface area (Å²) in [6.45, 7) is 2.17. The average molecular weight is 379 g/mol. The summed E-state index contributed by atoms with van der Waals surface area (Å²) in [7, 11) is 0. The quantitative estimate of drug-likeness (QED) is 0.618. The Morgan fingerprint density at radius 1 is 1.20 bits per heavy atom. The molecule has 3 rings (SSSR count). The second-order valence-electron chi connectivity index (χ2n) is 5.96. The number of carbonyl (C=O) groups excluding carboxylic acids is 2. The molecule has 1 aliphatic rings. The van der Waals surface area contributed by atoms with Crippen LogP contribution in [0, 0.1) is 5.92 Å². The van der Waals surface area contributed by atoms with Crippen molar-refractivity contribution in [1.29, 1.82) is 0 Å². The molecule has 1 aliphatic carbocycles. The highest BCUT2D eigenvalue weighted by molar-refractivity contribution is 6.35. The van der Waals surface area contributed by atoms with E-state index in [1.54, 1.807) is 12.1 Å². The summed E-state index contributed by atoms with van der Waals surface area (Å²) in [5.74, 6) is 1.61. The molecule has 0 bridgehead atoms. The molecule has 1 aromatic heterocycles. The summed E-state index contributed by atoms with van der Waals surface area (Å²) >= 11 is 11.8. The van der Waals surface area contributed by atoms with Crippen molar-refractivity contribution < 1.29 is 14.0 Å². The summed E-state index contributed by atoms with van der Waals surface area (Å²) in [6, 6.07) is 8.24. The number of hydrogen-bond acceptors (Lipinski definition) is 3. The van der Waals surface area contributed by atoms with Crippen molar-refractivity contribution in [3.8, 4) is 0 Å². The molecule has 1 fully saturated rings. The summed E-state index contributed by atoms with van der Waals surface area (Å²) < 4.78 is 5.67. The SMILES string of the molecule is CC1CC1c1ccc(/C=C/C(=O)NNC(=O)c2cc(Cl)ccc2Cl)o1. The van der Waals surface area contributed by atoms with Crippen molar-refractivity contribution in [2.75, 3.05) is 0 Å². The third-order valence-corrected chi connectivity index (χ3v) is 4.56. The van der Waals surface area contributed by atoms with E-state index in [-0.39, 0.29) is 10.6 Å². The Morgan fingerprint density at radius 3 is 2.68 bits per heavy atom. The number of halogens is 2.